The second-order valence-corrected chi connectivity index (χ2v) is 5.58. The molecule has 0 aromatic rings. The third-order valence-corrected chi connectivity index (χ3v) is 3.84. The van der Waals surface area contributed by atoms with Crippen LogP contribution in [0.4, 0.5) is 0 Å². The van der Waals surface area contributed by atoms with E-state index in [2.05, 4.69) is 13.8 Å². The molecule has 0 radical (unpaired) electrons. The second kappa shape index (κ2) is 9.80. The van der Waals surface area contributed by atoms with Crippen molar-refractivity contribution in [2.75, 3.05) is 13.2 Å². The molecule has 2 nitrogen and oxygen atoms in total. The molecule has 2 heteroatoms. The molecule has 0 aliphatic heterocycles. The van der Waals surface area contributed by atoms with Gasteiger partial charge in [-0.1, -0.05) is 46.0 Å². The van der Waals surface area contributed by atoms with Gasteiger partial charge in [-0.3, -0.25) is 0 Å². The maximum absolute atomic E-state index is 6.17. The largest absolute Gasteiger partial charge is 0.350 e. The van der Waals surface area contributed by atoms with Gasteiger partial charge in [-0.2, -0.15) is 0 Å². The molecular weight excluding hydrogens is 224 g/mol. The van der Waals surface area contributed by atoms with Crippen molar-refractivity contribution in [1.29, 1.82) is 0 Å². The molecule has 0 saturated heterocycles. The highest BCUT2D eigenvalue weighted by molar-refractivity contribution is 4.73. The Bertz CT molecular complexity index is 172. The van der Waals surface area contributed by atoms with Gasteiger partial charge < -0.3 is 9.47 Å². The van der Waals surface area contributed by atoms with Gasteiger partial charge in [0.1, 0.15) is 0 Å². The third kappa shape index (κ3) is 6.19. The van der Waals surface area contributed by atoms with Crippen molar-refractivity contribution in [2.24, 2.45) is 0 Å². The van der Waals surface area contributed by atoms with Gasteiger partial charge in [0.15, 0.2) is 5.79 Å². The Morgan fingerprint density at radius 1 is 0.722 bits per heavy atom. The van der Waals surface area contributed by atoms with Crippen LogP contribution in [0, 0.1) is 0 Å². The first-order chi connectivity index (χ1) is 8.83. The van der Waals surface area contributed by atoms with E-state index in [-0.39, 0.29) is 5.79 Å². The van der Waals surface area contributed by atoms with Crippen LogP contribution in [-0.2, 0) is 9.47 Å². The first kappa shape index (κ1) is 16.0. The van der Waals surface area contributed by atoms with Crippen LogP contribution in [0.3, 0.4) is 0 Å². The first-order valence-electron chi connectivity index (χ1n) is 8.11. The monoisotopic (exact) mass is 256 g/mol. The predicted molar refractivity (Wildman–Crippen MR) is 76.8 cm³/mol. The lowest BCUT2D eigenvalue weighted by atomic mass is 9.95. The summed E-state index contributed by atoms with van der Waals surface area (Å²) in [4.78, 5) is 0. The first-order valence-corrected chi connectivity index (χ1v) is 8.11. The summed E-state index contributed by atoms with van der Waals surface area (Å²) in [5.41, 5.74) is 0. The Labute approximate surface area is 113 Å². The van der Waals surface area contributed by atoms with Crippen LogP contribution in [0.2, 0.25) is 0 Å². The fraction of sp³-hybridized carbons (Fsp3) is 1.00. The molecule has 1 aliphatic rings. The van der Waals surface area contributed by atoms with E-state index in [4.69, 9.17) is 9.47 Å². The van der Waals surface area contributed by atoms with Crippen molar-refractivity contribution in [3.8, 4) is 0 Å². The van der Waals surface area contributed by atoms with E-state index in [9.17, 15) is 0 Å². The summed E-state index contributed by atoms with van der Waals surface area (Å²) in [6, 6.07) is 0. The van der Waals surface area contributed by atoms with Crippen LogP contribution in [0.1, 0.15) is 84.5 Å². The molecule has 1 rings (SSSR count). The normalized spacial score (nSPS) is 20.3. The maximum Gasteiger partial charge on any atom is 0.168 e. The van der Waals surface area contributed by atoms with E-state index in [0.29, 0.717) is 0 Å². The highest BCUT2D eigenvalue weighted by Gasteiger charge is 2.31. The molecule has 0 unspecified atom stereocenters. The molecule has 0 spiro atoms. The molecule has 1 saturated carbocycles. The smallest absolute Gasteiger partial charge is 0.168 e. The number of hydrogen-bond acceptors (Lipinski definition) is 2. The van der Waals surface area contributed by atoms with Crippen LogP contribution < -0.4 is 0 Å². The number of rotatable bonds is 8. The van der Waals surface area contributed by atoms with Gasteiger partial charge >= 0.3 is 0 Å². The molecule has 1 aliphatic carbocycles. The van der Waals surface area contributed by atoms with Crippen LogP contribution >= 0.6 is 0 Å². The fourth-order valence-corrected chi connectivity index (χ4v) is 2.58. The van der Waals surface area contributed by atoms with Crippen LogP contribution in [0.15, 0.2) is 0 Å². The molecule has 0 N–H and O–H groups in total. The van der Waals surface area contributed by atoms with Gasteiger partial charge in [-0.05, 0) is 25.7 Å². The Morgan fingerprint density at radius 3 is 1.61 bits per heavy atom. The zero-order valence-electron chi connectivity index (χ0n) is 12.5. The lowest BCUT2D eigenvalue weighted by molar-refractivity contribution is -0.248. The van der Waals surface area contributed by atoms with Gasteiger partial charge in [0.25, 0.3) is 0 Å². The van der Waals surface area contributed by atoms with Crippen LogP contribution in [0.25, 0.3) is 0 Å². The molecule has 108 valence electrons. The molecule has 0 amide bonds. The predicted octanol–water partition coefficient (Wildman–Crippen LogP) is 5.06. The summed E-state index contributed by atoms with van der Waals surface area (Å²) in [5, 5.41) is 0. The minimum absolute atomic E-state index is 0.245. The Hall–Kier alpha value is -0.0800. The van der Waals surface area contributed by atoms with E-state index in [0.717, 1.165) is 38.9 Å². The SMILES string of the molecule is CCCCOC1(OCCCC)CCCCCCC1. The zero-order valence-corrected chi connectivity index (χ0v) is 12.5. The molecule has 0 aromatic carbocycles. The van der Waals surface area contributed by atoms with Crippen LogP contribution in [0.5, 0.6) is 0 Å². The van der Waals surface area contributed by atoms with Crippen LogP contribution in [-0.4, -0.2) is 19.0 Å². The van der Waals surface area contributed by atoms with E-state index in [1.54, 1.807) is 0 Å². The van der Waals surface area contributed by atoms with E-state index in [1.807, 2.05) is 0 Å². The minimum Gasteiger partial charge on any atom is -0.350 e. The Morgan fingerprint density at radius 2 is 1.17 bits per heavy atom. The van der Waals surface area contributed by atoms with Gasteiger partial charge in [0.2, 0.25) is 0 Å². The second-order valence-electron chi connectivity index (χ2n) is 5.58. The molecule has 0 atom stereocenters. The zero-order chi connectivity index (χ0) is 13.1. The lowest BCUT2D eigenvalue weighted by Gasteiger charge is -2.35. The van der Waals surface area contributed by atoms with Gasteiger partial charge in [0.05, 0.1) is 13.2 Å². The van der Waals surface area contributed by atoms with Crippen molar-refractivity contribution < 1.29 is 9.47 Å². The van der Waals surface area contributed by atoms with Gasteiger partial charge in [-0.15, -0.1) is 0 Å². The highest BCUT2D eigenvalue weighted by Crippen LogP contribution is 2.31. The molecule has 18 heavy (non-hydrogen) atoms. The molecule has 0 heterocycles. The number of unbranched alkanes of at least 4 members (excludes halogenated alkanes) is 2. The van der Waals surface area contributed by atoms with Crippen molar-refractivity contribution >= 4 is 0 Å². The molecule has 1 fully saturated rings. The molecule has 0 bridgehead atoms. The summed E-state index contributed by atoms with van der Waals surface area (Å²) < 4.78 is 12.3. The van der Waals surface area contributed by atoms with Crippen molar-refractivity contribution in [2.45, 2.75) is 90.3 Å². The summed E-state index contributed by atoms with van der Waals surface area (Å²) in [6.45, 7) is 6.16. The summed E-state index contributed by atoms with van der Waals surface area (Å²) in [7, 11) is 0. The van der Waals surface area contributed by atoms with E-state index >= 15 is 0 Å². The van der Waals surface area contributed by atoms with Crippen molar-refractivity contribution in [3.63, 3.8) is 0 Å². The van der Waals surface area contributed by atoms with Crippen molar-refractivity contribution in [3.05, 3.63) is 0 Å². The Balaban J connectivity index is 2.45. The van der Waals surface area contributed by atoms with E-state index < -0.39 is 0 Å². The standard InChI is InChI=1S/C16H32O2/c1-3-5-14-17-16(18-15-6-4-2)12-10-8-7-9-11-13-16/h3-15H2,1-2H3. The maximum atomic E-state index is 6.17. The number of hydrogen-bond donors (Lipinski definition) is 0. The average molecular weight is 256 g/mol. The third-order valence-electron chi connectivity index (χ3n) is 3.84. The molecular formula is C16H32O2. The topological polar surface area (TPSA) is 18.5 Å². The quantitative estimate of drug-likeness (QED) is 0.446. The fourth-order valence-electron chi connectivity index (χ4n) is 2.58. The summed E-state index contributed by atoms with van der Waals surface area (Å²) >= 11 is 0. The van der Waals surface area contributed by atoms with Gasteiger partial charge in [0, 0.05) is 12.8 Å². The minimum atomic E-state index is -0.245. The summed E-state index contributed by atoms with van der Waals surface area (Å²) in [6.07, 6.45) is 13.5. The lowest BCUT2D eigenvalue weighted by Crippen LogP contribution is -2.37. The Kier molecular flexibility index (Phi) is 8.70. The number of ether oxygens (including phenoxy) is 2. The van der Waals surface area contributed by atoms with Gasteiger partial charge in [-0.25, -0.2) is 0 Å². The molecule has 0 aromatic heterocycles. The van der Waals surface area contributed by atoms with Crippen molar-refractivity contribution in [1.82, 2.24) is 0 Å². The average Bonchev–Trinajstić information content (AvgIpc) is 2.34. The van der Waals surface area contributed by atoms with E-state index in [1.165, 1.54) is 44.9 Å². The summed E-state index contributed by atoms with van der Waals surface area (Å²) in [5.74, 6) is -0.245. The highest BCUT2D eigenvalue weighted by atomic mass is 16.7.